The third-order valence-corrected chi connectivity index (χ3v) is 8.25. The molecule has 0 saturated heterocycles. The van der Waals surface area contributed by atoms with Crippen LogP contribution in [0.3, 0.4) is 0 Å². The molecule has 0 bridgehead atoms. The fraction of sp³-hybridized carbons (Fsp3) is 0.667. The summed E-state index contributed by atoms with van der Waals surface area (Å²) in [5.41, 5.74) is 1.46. The average Bonchev–Trinajstić information content (AvgIpc) is 3.12. The zero-order valence-electron chi connectivity index (χ0n) is 14.8. The van der Waals surface area contributed by atoms with Crippen LogP contribution in [0.15, 0.2) is 30.3 Å². The number of rotatable bonds is 9. The van der Waals surface area contributed by atoms with Crippen molar-refractivity contribution in [3.05, 3.63) is 35.9 Å². The van der Waals surface area contributed by atoms with E-state index in [1.165, 1.54) is 11.8 Å². The van der Waals surface area contributed by atoms with E-state index in [2.05, 4.69) is 43.9 Å². The molecule has 3 nitrogen and oxygen atoms in total. The molecule has 2 rings (SSSR count). The summed E-state index contributed by atoms with van der Waals surface area (Å²) >= 11 is 0. The summed E-state index contributed by atoms with van der Waals surface area (Å²) in [5.74, 6) is 0. The highest BCUT2D eigenvalue weighted by Gasteiger charge is 2.61. The summed E-state index contributed by atoms with van der Waals surface area (Å²) in [5, 5.41) is 0. The molecule has 0 aromatic heterocycles. The molecule has 23 heavy (non-hydrogen) atoms. The molecule has 2 atom stereocenters. The lowest BCUT2D eigenvalue weighted by atomic mass is 10.0. The van der Waals surface area contributed by atoms with Gasteiger partial charge in [-0.3, -0.25) is 4.18 Å². The first-order valence-corrected chi connectivity index (χ1v) is 14.0. The average molecular weight is 355 g/mol. The molecule has 1 fully saturated rings. The number of aryl methyl sites for hydroxylation is 1. The first-order valence-electron chi connectivity index (χ1n) is 8.57. The SMILES string of the molecule is C[Si](C)(C)C1CC1(CCCCCc1ccccc1)OS(C)(=O)=O. The summed E-state index contributed by atoms with van der Waals surface area (Å²) in [4.78, 5) is 0. The first-order chi connectivity index (χ1) is 10.6. The molecule has 0 amide bonds. The Bertz CT molecular complexity index is 607. The fourth-order valence-electron chi connectivity index (χ4n) is 3.67. The highest BCUT2D eigenvalue weighted by Crippen LogP contribution is 2.61. The van der Waals surface area contributed by atoms with Crippen LogP contribution >= 0.6 is 0 Å². The lowest BCUT2D eigenvalue weighted by Gasteiger charge is -2.23. The van der Waals surface area contributed by atoms with Crippen molar-refractivity contribution in [3.63, 3.8) is 0 Å². The Morgan fingerprint density at radius 2 is 1.78 bits per heavy atom. The summed E-state index contributed by atoms with van der Waals surface area (Å²) in [6.45, 7) is 6.92. The summed E-state index contributed by atoms with van der Waals surface area (Å²) in [6.07, 6.45) is 7.41. The molecule has 1 aromatic rings. The zero-order valence-corrected chi connectivity index (χ0v) is 16.7. The maximum atomic E-state index is 11.6. The van der Waals surface area contributed by atoms with Crippen molar-refractivity contribution in [3.8, 4) is 0 Å². The van der Waals surface area contributed by atoms with E-state index in [9.17, 15) is 8.42 Å². The van der Waals surface area contributed by atoms with Crippen molar-refractivity contribution in [1.29, 1.82) is 0 Å². The van der Waals surface area contributed by atoms with E-state index in [-0.39, 0.29) is 5.60 Å². The quantitative estimate of drug-likeness (QED) is 0.369. The monoisotopic (exact) mass is 354 g/mol. The summed E-state index contributed by atoms with van der Waals surface area (Å²) in [7, 11) is -4.75. The molecule has 1 aromatic carbocycles. The number of benzene rings is 1. The minimum absolute atomic E-state index is 0.384. The topological polar surface area (TPSA) is 43.4 Å². The predicted molar refractivity (Wildman–Crippen MR) is 99.0 cm³/mol. The standard InChI is InChI=1S/C18H30O3SSi/c1-22(19,20)21-18(15-17(18)23(2,3)4)14-10-6-9-13-16-11-7-5-8-12-16/h5,7-8,11-12,17H,6,9-10,13-15H2,1-4H3. The van der Waals surface area contributed by atoms with Crippen LogP contribution in [0.2, 0.25) is 25.2 Å². The van der Waals surface area contributed by atoms with Crippen LogP contribution in [0.4, 0.5) is 0 Å². The van der Waals surface area contributed by atoms with Gasteiger partial charge in [0.25, 0.3) is 10.1 Å². The number of hydrogen-bond acceptors (Lipinski definition) is 3. The third-order valence-electron chi connectivity index (χ3n) is 4.80. The molecule has 0 N–H and O–H groups in total. The van der Waals surface area contributed by atoms with Crippen molar-refractivity contribution in [2.75, 3.05) is 6.26 Å². The van der Waals surface area contributed by atoms with Crippen LogP contribution in [0.1, 0.15) is 37.7 Å². The van der Waals surface area contributed by atoms with Gasteiger partial charge in [0, 0.05) is 0 Å². The van der Waals surface area contributed by atoms with Gasteiger partial charge in [0.05, 0.1) is 19.9 Å². The van der Waals surface area contributed by atoms with Gasteiger partial charge in [0.1, 0.15) is 0 Å². The summed E-state index contributed by atoms with van der Waals surface area (Å²) in [6, 6.07) is 10.5. The highest BCUT2D eigenvalue weighted by atomic mass is 32.2. The van der Waals surface area contributed by atoms with Crippen molar-refractivity contribution in [1.82, 2.24) is 0 Å². The smallest absolute Gasteiger partial charge is 0.264 e. The van der Waals surface area contributed by atoms with Crippen LogP contribution in [0.5, 0.6) is 0 Å². The molecule has 130 valence electrons. The highest BCUT2D eigenvalue weighted by molar-refractivity contribution is 7.86. The van der Waals surface area contributed by atoms with Crippen LogP contribution < -0.4 is 0 Å². The third kappa shape index (κ3) is 5.73. The molecule has 5 heteroatoms. The van der Waals surface area contributed by atoms with Gasteiger partial charge in [-0.1, -0.05) is 62.8 Å². The Balaban J connectivity index is 1.81. The Kier molecular flexibility index (Phi) is 5.75. The molecule has 0 radical (unpaired) electrons. The molecule has 0 spiro atoms. The van der Waals surface area contributed by atoms with E-state index in [0.29, 0.717) is 5.54 Å². The molecule has 1 aliphatic carbocycles. The largest absolute Gasteiger partial charge is 0.264 e. The maximum Gasteiger partial charge on any atom is 0.264 e. The minimum Gasteiger partial charge on any atom is -0.264 e. The van der Waals surface area contributed by atoms with Gasteiger partial charge in [-0.25, -0.2) is 0 Å². The normalized spacial score (nSPS) is 24.6. The second kappa shape index (κ2) is 7.07. The second-order valence-electron chi connectivity index (χ2n) is 8.02. The van der Waals surface area contributed by atoms with Gasteiger partial charge in [0.15, 0.2) is 0 Å². The van der Waals surface area contributed by atoms with E-state index in [1.54, 1.807) is 0 Å². The van der Waals surface area contributed by atoms with Crippen molar-refractivity contribution in [2.24, 2.45) is 0 Å². The molecule has 1 aliphatic rings. The lowest BCUT2D eigenvalue weighted by Crippen LogP contribution is -2.30. The maximum absolute atomic E-state index is 11.6. The van der Waals surface area contributed by atoms with Gasteiger partial charge >= 0.3 is 0 Å². The predicted octanol–water partition coefficient (Wildman–Crippen LogP) is 4.62. The molecular formula is C18H30O3SSi. The minimum atomic E-state index is -3.38. The van der Waals surface area contributed by atoms with Gasteiger partial charge in [0.2, 0.25) is 0 Å². The Labute approximate surface area is 142 Å². The fourth-order valence-corrected chi connectivity index (χ4v) is 7.36. The van der Waals surface area contributed by atoms with Crippen LogP contribution in [0.25, 0.3) is 0 Å². The second-order valence-corrected chi connectivity index (χ2v) is 15.0. The Morgan fingerprint density at radius 3 is 2.30 bits per heavy atom. The van der Waals surface area contributed by atoms with Gasteiger partial charge in [-0.15, -0.1) is 0 Å². The molecule has 1 saturated carbocycles. The number of unbranched alkanes of at least 4 members (excludes halogenated alkanes) is 2. The van der Waals surface area contributed by atoms with Gasteiger partial charge < -0.3 is 0 Å². The number of hydrogen-bond donors (Lipinski definition) is 0. The van der Waals surface area contributed by atoms with E-state index < -0.39 is 18.2 Å². The van der Waals surface area contributed by atoms with Crippen molar-refractivity contribution >= 4 is 18.2 Å². The summed E-state index contributed by atoms with van der Waals surface area (Å²) < 4.78 is 28.8. The Morgan fingerprint density at radius 1 is 1.13 bits per heavy atom. The van der Waals surface area contributed by atoms with E-state index in [0.717, 1.165) is 38.5 Å². The van der Waals surface area contributed by atoms with Gasteiger partial charge in [-0.2, -0.15) is 8.42 Å². The lowest BCUT2D eigenvalue weighted by molar-refractivity contribution is 0.173. The van der Waals surface area contributed by atoms with Gasteiger partial charge in [-0.05, 0) is 36.8 Å². The molecular weight excluding hydrogens is 324 g/mol. The van der Waals surface area contributed by atoms with E-state index >= 15 is 0 Å². The molecule has 2 unspecified atom stereocenters. The zero-order chi connectivity index (χ0) is 17.1. The first kappa shape index (κ1) is 18.7. The van der Waals surface area contributed by atoms with Crippen molar-refractivity contribution < 1.29 is 12.6 Å². The van der Waals surface area contributed by atoms with E-state index in [4.69, 9.17) is 4.18 Å². The Hall–Kier alpha value is -0.653. The van der Waals surface area contributed by atoms with Crippen LogP contribution in [0, 0.1) is 0 Å². The van der Waals surface area contributed by atoms with Crippen molar-refractivity contribution in [2.45, 2.75) is 69.3 Å². The van der Waals surface area contributed by atoms with Crippen LogP contribution in [-0.2, 0) is 20.7 Å². The molecule has 0 aliphatic heterocycles. The van der Waals surface area contributed by atoms with Crippen LogP contribution in [-0.4, -0.2) is 28.3 Å². The molecule has 0 heterocycles. The van der Waals surface area contributed by atoms with E-state index in [1.807, 2.05) is 6.07 Å².